The average Bonchev–Trinajstić information content (AvgIpc) is 3.00. The van der Waals surface area contributed by atoms with Crippen molar-refractivity contribution in [2.75, 3.05) is 19.7 Å². The summed E-state index contributed by atoms with van der Waals surface area (Å²) in [6, 6.07) is 9.88. The molecule has 3 rings (SSSR count). The van der Waals surface area contributed by atoms with Crippen LogP contribution in [-0.4, -0.2) is 41.3 Å². The molecule has 0 unspecified atom stereocenters. The third-order valence-electron chi connectivity index (χ3n) is 4.01. The van der Waals surface area contributed by atoms with Crippen LogP contribution in [0.25, 0.3) is 10.9 Å². The SMILES string of the molecule is CC(C)(C)OC(=O)N1CC[C@@H](COc2cccc3cccnc23)C1. The second-order valence-electron chi connectivity index (χ2n) is 7.22. The molecule has 1 amide bonds. The first-order chi connectivity index (χ1) is 11.4. The summed E-state index contributed by atoms with van der Waals surface area (Å²) in [7, 11) is 0. The molecule has 1 fully saturated rings. The van der Waals surface area contributed by atoms with Gasteiger partial charge in [0.05, 0.1) is 6.61 Å². The van der Waals surface area contributed by atoms with Crippen molar-refractivity contribution in [3.63, 3.8) is 0 Å². The summed E-state index contributed by atoms with van der Waals surface area (Å²) in [5, 5.41) is 1.07. The van der Waals surface area contributed by atoms with E-state index in [0.29, 0.717) is 19.1 Å². The highest BCUT2D eigenvalue weighted by molar-refractivity contribution is 5.84. The second kappa shape index (κ2) is 6.67. The Morgan fingerprint density at radius 3 is 2.88 bits per heavy atom. The Bertz CT molecular complexity index is 719. The van der Waals surface area contributed by atoms with Crippen LogP contribution in [0.15, 0.2) is 36.5 Å². The molecule has 0 spiro atoms. The molecule has 0 bridgehead atoms. The van der Waals surface area contributed by atoms with Crippen LogP contribution in [0.2, 0.25) is 0 Å². The maximum atomic E-state index is 12.1. The van der Waals surface area contributed by atoms with Crippen molar-refractivity contribution < 1.29 is 14.3 Å². The molecule has 1 aromatic carbocycles. The molecule has 2 heterocycles. The van der Waals surface area contributed by atoms with Gasteiger partial charge in [-0.05, 0) is 39.3 Å². The summed E-state index contributed by atoms with van der Waals surface area (Å²) in [4.78, 5) is 18.3. The first-order valence-corrected chi connectivity index (χ1v) is 8.37. The van der Waals surface area contributed by atoms with Crippen LogP contribution in [0.5, 0.6) is 5.75 Å². The topological polar surface area (TPSA) is 51.7 Å². The zero-order chi connectivity index (χ0) is 17.2. The summed E-state index contributed by atoms with van der Waals surface area (Å²) >= 11 is 0. The van der Waals surface area contributed by atoms with Gasteiger partial charge in [-0.2, -0.15) is 0 Å². The van der Waals surface area contributed by atoms with Gasteiger partial charge in [0.25, 0.3) is 0 Å². The van der Waals surface area contributed by atoms with Gasteiger partial charge in [-0.3, -0.25) is 4.98 Å². The summed E-state index contributed by atoms with van der Waals surface area (Å²) in [6.07, 6.45) is 2.46. The molecule has 1 aliphatic heterocycles. The van der Waals surface area contributed by atoms with Crippen molar-refractivity contribution in [1.82, 2.24) is 9.88 Å². The fraction of sp³-hybridized carbons (Fsp3) is 0.474. The van der Waals surface area contributed by atoms with E-state index in [-0.39, 0.29) is 6.09 Å². The molecule has 0 aliphatic carbocycles. The Labute approximate surface area is 142 Å². The van der Waals surface area contributed by atoms with E-state index in [4.69, 9.17) is 9.47 Å². The third kappa shape index (κ3) is 3.96. The van der Waals surface area contributed by atoms with Crippen molar-refractivity contribution in [2.45, 2.75) is 32.8 Å². The number of hydrogen-bond donors (Lipinski definition) is 0. The molecular formula is C19H24N2O3. The van der Waals surface area contributed by atoms with E-state index >= 15 is 0 Å². The first kappa shape index (κ1) is 16.6. The van der Waals surface area contributed by atoms with Gasteiger partial charge >= 0.3 is 6.09 Å². The van der Waals surface area contributed by atoms with E-state index in [1.54, 1.807) is 11.1 Å². The normalized spacial score (nSPS) is 18.0. The average molecular weight is 328 g/mol. The monoisotopic (exact) mass is 328 g/mol. The van der Waals surface area contributed by atoms with Gasteiger partial charge in [0, 0.05) is 30.6 Å². The fourth-order valence-electron chi connectivity index (χ4n) is 2.86. The van der Waals surface area contributed by atoms with Crippen LogP contribution in [-0.2, 0) is 4.74 Å². The molecule has 1 atom stereocenters. The minimum atomic E-state index is -0.458. The quantitative estimate of drug-likeness (QED) is 0.858. The van der Waals surface area contributed by atoms with E-state index < -0.39 is 5.60 Å². The lowest BCUT2D eigenvalue weighted by Gasteiger charge is -2.24. The molecule has 24 heavy (non-hydrogen) atoms. The van der Waals surface area contributed by atoms with Gasteiger partial charge in [0.2, 0.25) is 0 Å². The zero-order valence-electron chi connectivity index (χ0n) is 14.5. The van der Waals surface area contributed by atoms with Gasteiger partial charge in [0.1, 0.15) is 16.9 Å². The Balaban J connectivity index is 1.57. The standard InChI is InChI=1S/C19H24N2O3/c1-19(2,3)24-18(22)21-11-9-14(12-21)13-23-16-8-4-6-15-7-5-10-20-17(15)16/h4-8,10,14H,9,11-13H2,1-3H3/t14-/m1/s1. The predicted molar refractivity (Wildman–Crippen MR) is 93.2 cm³/mol. The molecule has 0 radical (unpaired) electrons. The van der Waals surface area contributed by atoms with E-state index in [1.807, 2.05) is 51.1 Å². The number of aromatic nitrogens is 1. The molecule has 1 saturated heterocycles. The lowest BCUT2D eigenvalue weighted by molar-refractivity contribution is 0.0285. The number of carbonyl (C=O) groups is 1. The van der Waals surface area contributed by atoms with Crippen LogP contribution in [0.4, 0.5) is 4.79 Å². The minimum absolute atomic E-state index is 0.239. The summed E-state index contributed by atoms with van der Waals surface area (Å²) in [5.41, 5.74) is 0.419. The Hall–Kier alpha value is -2.30. The van der Waals surface area contributed by atoms with E-state index in [2.05, 4.69) is 4.98 Å². The first-order valence-electron chi connectivity index (χ1n) is 8.37. The van der Waals surface area contributed by atoms with Gasteiger partial charge in [-0.1, -0.05) is 18.2 Å². The zero-order valence-corrected chi connectivity index (χ0v) is 14.5. The summed E-state index contributed by atoms with van der Waals surface area (Å²) in [6.45, 7) is 7.62. The molecule has 5 heteroatoms. The number of amides is 1. The Morgan fingerprint density at radius 2 is 2.08 bits per heavy atom. The number of nitrogens with zero attached hydrogens (tertiary/aromatic N) is 2. The molecule has 128 valence electrons. The lowest BCUT2D eigenvalue weighted by atomic mass is 10.1. The number of para-hydroxylation sites is 1. The summed E-state index contributed by atoms with van der Waals surface area (Å²) < 4.78 is 11.4. The molecule has 2 aromatic rings. The highest BCUT2D eigenvalue weighted by Crippen LogP contribution is 2.25. The van der Waals surface area contributed by atoms with Crippen LogP contribution in [0.1, 0.15) is 27.2 Å². The Kier molecular flexibility index (Phi) is 4.60. The Morgan fingerprint density at radius 1 is 1.29 bits per heavy atom. The van der Waals surface area contributed by atoms with Crippen LogP contribution in [0, 0.1) is 5.92 Å². The highest BCUT2D eigenvalue weighted by atomic mass is 16.6. The second-order valence-corrected chi connectivity index (χ2v) is 7.22. The van der Waals surface area contributed by atoms with Gasteiger partial charge in [0.15, 0.2) is 0 Å². The van der Waals surface area contributed by atoms with Crippen molar-refractivity contribution in [3.05, 3.63) is 36.5 Å². The number of benzene rings is 1. The van der Waals surface area contributed by atoms with E-state index in [1.165, 1.54) is 0 Å². The smallest absolute Gasteiger partial charge is 0.410 e. The number of pyridine rings is 1. The third-order valence-corrected chi connectivity index (χ3v) is 4.01. The number of hydrogen-bond acceptors (Lipinski definition) is 4. The van der Waals surface area contributed by atoms with Crippen molar-refractivity contribution in [2.24, 2.45) is 5.92 Å². The van der Waals surface area contributed by atoms with E-state index in [9.17, 15) is 4.79 Å². The van der Waals surface area contributed by atoms with Crippen LogP contribution < -0.4 is 4.74 Å². The minimum Gasteiger partial charge on any atom is -0.491 e. The van der Waals surface area contributed by atoms with Gasteiger partial charge in [-0.15, -0.1) is 0 Å². The predicted octanol–water partition coefficient (Wildman–Crippen LogP) is 3.87. The van der Waals surface area contributed by atoms with E-state index in [0.717, 1.165) is 29.6 Å². The number of carbonyl (C=O) groups excluding carboxylic acids is 1. The number of fused-ring (bicyclic) bond motifs is 1. The number of ether oxygens (including phenoxy) is 2. The van der Waals surface area contributed by atoms with Crippen molar-refractivity contribution >= 4 is 17.0 Å². The maximum absolute atomic E-state index is 12.1. The molecule has 1 aliphatic rings. The molecule has 0 saturated carbocycles. The van der Waals surface area contributed by atoms with Gasteiger partial charge < -0.3 is 14.4 Å². The van der Waals surface area contributed by atoms with Crippen LogP contribution >= 0.6 is 0 Å². The fourth-order valence-corrected chi connectivity index (χ4v) is 2.86. The largest absolute Gasteiger partial charge is 0.491 e. The number of likely N-dealkylation sites (tertiary alicyclic amines) is 1. The summed E-state index contributed by atoms with van der Waals surface area (Å²) in [5.74, 6) is 1.11. The van der Waals surface area contributed by atoms with Crippen molar-refractivity contribution in [1.29, 1.82) is 0 Å². The molecule has 1 aromatic heterocycles. The molecule has 5 nitrogen and oxygen atoms in total. The highest BCUT2D eigenvalue weighted by Gasteiger charge is 2.30. The number of rotatable bonds is 3. The van der Waals surface area contributed by atoms with Crippen LogP contribution in [0.3, 0.4) is 0 Å². The lowest BCUT2D eigenvalue weighted by Crippen LogP contribution is -2.35. The maximum Gasteiger partial charge on any atom is 0.410 e. The van der Waals surface area contributed by atoms with Crippen molar-refractivity contribution in [3.8, 4) is 5.75 Å². The molecular weight excluding hydrogens is 304 g/mol. The molecule has 0 N–H and O–H groups in total. The van der Waals surface area contributed by atoms with Gasteiger partial charge in [-0.25, -0.2) is 4.79 Å².